The van der Waals surface area contributed by atoms with Crippen LogP contribution < -0.4 is 10.1 Å². The number of halogens is 2. The molecule has 1 fully saturated rings. The quantitative estimate of drug-likeness (QED) is 0.538. The molecule has 7 nitrogen and oxygen atoms in total. The fraction of sp³-hybridized carbons (Fsp3) is 0.375. The molecule has 0 saturated carbocycles. The molecule has 0 aliphatic carbocycles. The minimum atomic E-state index is -3.05. The first-order valence-electron chi connectivity index (χ1n) is 10.7. The highest BCUT2D eigenvalue weighted by Crippen LogP contribution is 2.41. The first kappa shape index (κ1) is 22.8. The molecular weight excluding hydrogens is 430 g/mol. The fourth-order valence-corrected chi connectivity index (χ4v) is 4.29. The molecule has 0 spiro atoms. The van der Waals surface area contributed by atoms with Crippen LogP contribution in [-0.4, -0.2) is 40.6 Å². The highest BCUT2D eigenvalue weighted by atomic mass is 19.3. The Kier molecular flexibility index (Phi) is 6.42. The summed E-state index contributed by atoms with van der Waals surface area (Å²) in [6.45, 7) is 4.16. The number of anilines is 1. The number of carbonyl (C=O) groups is 1. The number of rotatable bonds is 8. The first-order valence-corrected chi connectivity index (χ1v) is 10.7. The lowest BCUT2D eigenvalue weighted by Gasteiger charge is -2.49. The summed E-state index contributed by atoms with van der Waals surface area (Å²) in [5.74, 6) is 0.308. The summed E-state index contributed by atoms with van der Waals surface area (Å²) in [7, 11) is 0. The average molecular weight is 456 g/mol. The maximum absolute atomic E-state index is 13.7. The van der Waals surface area contributed by atoms with E-state index in [0.29, 0.717) is 31.1 Å². The van der Waals surface area contributed by atoms with Crippen LogP contribution in [0.25, 0.3) is 0 Å². The van der Waals surface area contributed by atoms with Crippen molar-refractivity contribution in [3.8, 4) is 5.88 Å². The normalized spacial score (nSPS) is 15.5. The topological polar surface area (TPSA) is 80.5 Å². The number of hydrogen-bond donors (Lipinski definition) is 1. The monoisotopic (exact) mass is 456 g/mol. The second kappa shape index (κ2) is 9.27. The van der Waals surface area contributed by atoms with E-state index in [1.165, 1.54) is 6.07 Å². The third kappa shape index (κ3) is 4.73. The molecule has 0 radical (unpaired) electrons. The number of pyridine rings is 1. The molecule has 0 atom stereocenters. The van der Waals surface area contributed by atoms with Gasteiger partial charge in [-0.1, -0.05) is 43.3 Å². The second-order valence-electron chi connectivity index (χ2n) is 8.59. The number of hydrogen-bond acceptors (Lipinski definition) is 6. The van der Waals surface area contributed by atoms with Crippen LogP contribution in [0.1, 0.15) is 42.3 Å². The Labute approximate surface area is 190 Å². The number of nitrogens with zero attached hydrogens (tertiary/aromatic N) is 3. The number of amides is 1. The van der Waals surface area contributed by atoms with E-state index < -0.39 is 12.0 Å². The van der Waals surface area contributed by atoms with Gasteiger partial charge >= 0.3 is 6.61 Å². The third-order valence-corrected chi connectivity index (χ3v) is 5.84. The van der Waals surface area contributed by atoms with Crippen molar-refractivity contribution in [1.82, 2.24) is 15.0 Å². The molecular formula is C24H26F2N4O3. The van der Waals surface area contributed by atoms with Gasteiger partial charge in [0.15, 0.2) is 5.76 Å². The number of carbonyl (C=O) groups excluding carboxylic acids is 1. The lowest BCUT2D eigenvalue weighted by Crippen LogP contribution is -2.64. The molecule has 4 rings (SSSR count). The van der Waals surface area contributed by atoms with Crippen LogP contribution in [0.2, 0.25) is 0 Å². The van der Waals surface area contributed by atoms with Gasteiger partial charge in [0.25, 0.3) is 0 Å². The summed E-state index contributed by atoms with van der Waals surface area (Å²) in [6.07, 6.45) is 1.58. The van der Waals surface area contributed by atoms with Crippen LogP contribution in [0, 0.1) is 6.92 Å². The molecule has 1 saturated heterocycles. The number of likely N-dealkylation sites (tertiary alicyclic amines) is 1. The number of alkyl halides is 2. The largest absolute Gasteiger partial charge is 0.415 e. The minimum Gasteiger partial charge on any atom is -0.415 e. The van der Waals surface area contributed by atoms with E-state index in [0.717, 1.165) is 11.1 Å². The lowest BCUT2D eigenvalue weighted by molar-refractivity contribution is -0.128. The lowest BCUT2D eigenvalue weighted by atomic mass is 9.69. The van der Waals surface area contributed by atoms with E-state index in [4.69, 9.17) is 4.52 Å². The van der Waals surface area contributed by atoms with Crippen LogP contribution in [0.15, 0.2) is 53.2 Å². The van der Waals surface area contributed by atoms with Gasteiger partial charge in [-0.3, -0.25) is 9.69 Å². The Morgan fingerprint density at radius 3 is 2.64 bits per heavy atom. The molecule has 1 aromatic carbocycles. The van der Waals surface area contributed by atoms with Gasteiger partial charge in [-0.15, -0.1) is 0 Å². The highest BCUT2D eigenvalue weighted by Gasteiger charge is 2.52. The molecule has 33 heavy (non-hydrogen) atoms. The van der Waals surface area contributed by atoms with Gasteiger partial charge in [-0.25, -0.2) is 4.98 Å². The molecule has 0 bridgehead atoms. The number of nitrogens with one attached hydrogen (secondary N) is 1. The summed E-state index contributed by atoms with van der Waals surface area (Å²) < 4.78 is 35.6. The maximum Gasteiger partial charge on any atom is 0.388 e. The van der Waals surface area contributed by atoms with Crippen molar-refractivity contribution in [2.45, 2.75) is 45.3 Å². The highest BCUT2D eigenvalue weighted by molar-refractivity contribution is 6.01. The molecule has 3 heterocycles. The predicted molar refractivity (Wildman–Crippen MR) is 118 cm³/mol. The second-order valence-corrected chi connectivity index (χ2v) is 8.59. The molecule has 1 aliphatic heterocycles. The number of aromatic nitrogens is 2. The first-order chi connectivity index (χ1) is 15.8. The Morgan fingerprint density at radius 2 is 1.97 bits per heavy atom. The molecule has 9 heteroatoms. The molecule has 1 amide bonds. The Balaban J connectivity index is 1.66. The van der Waals surface area contributed by atoms with Gasteiger partial charge in [0, 0.05) is 24.8 Å². The van der Waals surface area contributed by atoms with E-state index in [-0.39, 0.29) is 23.4 Å². The SMILES string of the molecule is Cc1ccc(NC(=O)C2(c3ccccc3C(C)C)CN(Cc3ccno3)C2)c(OC(F)F)n1. The molecule has 0 unspecified atom stereocenters. The van der Waals surface area contributed by atoms with Crippen LogP contribution >= 0.6 is 0 Å². The fourth-order valence-electron chi connectivity index (χ4n) is 4.29. The van der Waals surface area contributed by atoms with E-state index in [1.54, 1.807) is 25.3 Å². The zero-order chi connectivity index (χ0) is 23.6. The Morgan fingerprint density at radius 1 is 1.21 bits per heavy atom. The van der Waals surface area contributed by atoms with Crippen molar-refractivity contribution in [2.75, 3.05) is 18.4 Å². The van der Waals surface area contributed by atoms with Gasteiger partial charge in [0.2, 0.25) is 11.8 Å². The number of ether oxygens (including phenoxy) is 1. The number of benzene rings is 1. The van der Waals surface area contributed by atoms with Gasteiger partial charge in [0.1, 0.15) is 5.69 Å². The molecule has 174 valence electrons. The zero-order valence-corrected chi connectivity index (χ0v) is 18.7. The van der Waals surface area contributed by atoms with Crippen LogP contribution in [0.4, 0.5) is 14.5 Å². The van der Waals surface area contributed by atoms with Crippen molar-refractivity contribution >= 4 is 11.6 Å². The minimum absolute atomic E-state index is 0.112. The van der Waals surface area contributed by atoms with E-state index in [9.17, 15) is 13.6 Å². The predicted octanol–water partition coefficient (Wildman–Crippen LogP) is 4.50. The van der Waals surface area contributed by atoms with Crippen LogP contribution in [-0.2, 0) is 16.8 Å². The van der Waals surface area contributed by atoms with Crippen molar-refractivity contribution in [1.29, 1.82) is 0 Å². The smallest absolute Gasteiger partial charge is 0.388 e. The van der Waals surface area contributed by atoms with Crippen molar-refractivity contribution in [2.24, 2.45) is 0 Å². The van der Waals surface area contributed by atoms with Crippen molar-refractivity contribution in [3.63, 3.8) is 0 Å². The maximum atomic E-state index is 13.7. The zero-order valence-electron chi connectivity index (χ0n) is 18.7. The van der Waals surface area contributed by atoms with Crippen molar-refractivity contribution in [3.05, 3.63) is 71.2 Å². The van der Waals surface area contributed by atoms with Crippen LogP contribution in [0.5, 0.6) is 5.88 Å². The van der Waals surface area contributed by atoms with Gasteiger partial charge in [-0.05, 0) is 36.1 Å². The van der Waals surface area contributed by atoms with E-state index in [1.807, 2.05) is 24.3 Å². The molecule has 1 N–H and O–H groups in total. The van der Waals surface area contributed by atoms with Crippen molar-refractivity contribution < 1.29 is 22.8 Å². The molecule has 1 aliphatic rings. The molecule has 3 aromatic rings. The van der Waals surface area contributed by atoms with Gasteiger partial charge in [-0.2, -0.15) is 8.78 Å². The van der Waals surface area contributed by atoms with Gasteiger partial charge < -0.3 is 14.6 Å². The third-order valence-electron chi connectivity index (χ3n) is 5.84. The van der Waals surface area contributed by atoms with E-state index in [2.05, 4.69) is 38.9 Å². The van der Waals surface area contributed by atoms with E-state index >= 15 is 0 Å². The van der Waals surface area contributed by atoms with Gasteiger partial charge in [0.05, 0.1) is 18.2 Å². The molecule has 2 aromatic heterocycles. The Bertz CT molecular complexity index is 1110. The standard InChI is InChI=1S/C24H26F2N4O3/c1-15(2)18-6-4-5-7-19(18)24(13-30(14-24)12-17-10-11-27-33-17)22(31)29-20-9-8-16(3)28-21(20)32-23(25)26/h4-11,15,23H,12-14H2,1-3H3,(H,29,31). The summed E-state index contributed by atoms with van der Waals surface area (Å²) >= 11 is 0. The summed E-state index contributed by atoms with van der Waals surface area (Å²) in [5, 5.41) is 6.54. The van der Waals surface area contributed by atoms with Crippen LogP contribution in [0.3, 0.4) is 0 Å². The average Bonchev–Trinajstić information content (AvgIpc) is 3.25. The number of aryl methyl sites for hydroxylation is 1. The summed E-state index contributed by atoms with van der Waals surface area (Å²) in [5.41, 5.74) is 1.74. The summed E-state index contributed by atoms with van der Waals surface area (Å²) in [4.78, 5) is 19.8. The Hall–Kier alpha value is -3.33. The summed E-state index contributed by atoms with van der Waals surface area (Å²) in [6, 6.07) is 12.8.